The maximum absolute atomic E-state index is 3.94. The number of hydrogen-bond acceptors (Lipinski definition) is 4. The maximum Gasteiger partial charge on any atom is 0.243 e. The third-order valence-corrected chi connectivity index (χ3v) is 2.93. The zero-order valence-corrected chi connectivity index (χ0v) is 11.1. The Hall–Kier alpha value is -1.91. The summed E-state index contributed by atoms with van der Waals surface area (Å²) >= 11 is 0. The highest BCUT2D eigenvalue weighted by molar-refractivity contribution is 5.29. The third kappa shape index (κ3) is 2.85. The summed E-state index contributed by atoms with van der Waals surface area (Å²) in [4.78, 5) is 0. The lowest BCUT2D eigenvalue weighted by Gasteiger charge is -2.08. The second-order valence-corrected chi connectivity index (χ2v) is 4.57. The quantitative estimate of drug-likeness (QED) is 0.879. The smallest absolute Gasteiger partial charge is 0.243 e. The summed E-state index contributed by atoms with van der Waals surface area (Å²) in [5.74, 6) is 1.28. The predicted molar refractivity (Wildman–Crippen MR) is 71.3 cm³/mol. The van der Waals surface area contributed by atoms with Gasteiger partial charge >= 0.3 is 0 Å². The van der Waals surface area contributed by atoms with Crippen LogP contribution in [0.4, 0.5) is 5.95 Å². The van der Waals surface area contributed by atoms with Crippen molar-refractivity contribution in [1.29, 1.82) is 0 Å². The first-order valence-electron chi connectivity index (χ1n) is 6.29. The monoisotopic (exact) mass is 245 g/mol. The van der Waals surface area contributed by atoms with Gasteiger partial charge in [0.1, 0.15) is 0 Å². The molecular weight excluding hydrogens is 226 g/mol. The SMILES string of the molecule is CCn1nnnc1NCc1ccc(C(C)C)cc1. The predicted octanol–water partition coefficient (Wildman–Crippen LogP) is 2.43. The number of nitrogens with zero attached hydrogens (tertiary/aromatic N) is 4. The number of aromatic nitrogens is 4. The van der Waals surface area contributed by atoms with Crippen LogP contribution >= 0.6 is 0 Å². The van der Waals surface area contributed by atoms with Gasteiger partial charge in [-0.25, -0.2) is 4.68 Å². The number of nitrogens with one attached hydrogen (secondary N) is 1. The molecule has 0 spiro atoms. The van der Waals surface area contributed by atoms with Crippen molar-refractivity contribution in [1.82, 2.24) is 20.2 Å². The fourth-order valence-electron chi connectivity index (χ4n) is 1.75. The van der Waals surface area contributed by atoms with Gasteiger partial charge in [0, 0.05) is 13.1 Å². The molecule has 0 aliphatic rings. The minimum Gasteiger partial charge on any atom is -0.349 e. The average Bonchev–Trinajstić information content (AvgIpc) is 2.84. The average molecular weight is 245 g/mol. The molecule has 0 aliphatic heterocycles. The lowest BCUT2D eigenvalue weighted by molar-refractivity contribution is 0.629. The van der Waals surface area contributed by atoms with Crippen molar-refractivity contribution in [2.75, 3.05) is 5.32 Å². The van der Waals surface area contributed by atoms with E-state index in [2.05, 4.69) is 59.0 Å². The fourth-order valence-corrected chi connectivity index (χ4v) is 1.75. The normalized spacial score (nSPS) is 10.9. The molecule has 5 heteroatoms. The van der Waals surface area contributed by atoms with Crippen molar-refractivity contribution in [3.05, 3.63) is 35.4 Å². The highest BCUT2D eigenvalue weighted by Gasteiger charge is 2.03. The Balaban J connectivity index is 1.98. The van der Waals surface area contributed by atoms with Crippen LogP contribution in [0.3, 0.4) is 0 Å². The molecule has 0 amide bonds. The number of aryl methyl sites for hydroxylation is 1. The second-order valence-electron chi connectivity index (χ2n) is 4.57. The van der Waals surface area contributed by atoms with Crippen LogP contribution in [0.5, 0.6) is 0 Å². The molecule has 18 heavy (non-hydrogen) atoms. The van der Waals surface area contributed by atoms with Gasteiger partial charge < -0.3 is 5.32 Å². The first-order valence-corrected chi connectivity index (χ1v) is 6.29. The molecule has 0 fully saturated rings. The van der Waals surface area contributed by atoms with E-state index in [4.69, 9.17) is 0 Å². The Morgan fingerprint density at radius 2 is 1.94 bits per heavy atom. The summed E-state index contributed by atoms with van der Waals surface area (Å²) in [6.07, 6.45) is 0. The summed E-state index contributed by atoms with van der Waals surface area (Å²) in [5.41, 5.74) is 2.59. The van der Waals surface area contributed by atoms with E-state index in [1.165, 1.54) is 11.1 Å². The van der Waals surface area contributed by atoms with E-state index >= 15 is 0 Å². The van der Waals surface area contributed by atoms with Crippen LogP contribution in [0.25, 0.3) is 0 Å². The minimum atomic E-state index is 0.569. The molecule has 1 aromatic carbocycles. The number of benzene rings is 1. The number of tetrazole rings is 1. The van der Waals surface area contributed by atoms with E-state index in [1.807, 2.05) is 6.92 Å². The first kappa shape index (κ1) is 12.5. The summed E-state index contributed by atoms with van der Waals surface area (Å²) in [7, 11) is 0. The van der Waals surface area contributed by atoms with Crippen molar-refractivity contribution in [3.63, 3.8) is 0 Å². The Morgan fingerprint density at radius 1 is 1.22 bits per heavy atom. The van der Waals surface area contributed by atoms with Gasteiger partial charge in [-0.05, 0) is 34.4 Å². The van der Waals surface area contributed by atoms with Crippen molar-refractivity contribution in [2.24, 2.45) is 0 Å². The topological polar surface area (TPSA) is 55.6 Å². The number of hydrogen-bond donors (Lipinski definition) is 1. The van der Waals surface area contributed by atoms with E-state index in [-0.39, 0.29) is 0 Å². The number of anilines is 1. The Labute approximate surface area is 107 Å². The first-order chi connectivity index (χ1) is 8.70. The molecule has 0 aliphatic carbocycles. The summed E-state index contributed by atoms with van der Waals surface area (Å²) in [6.45, 7) is 7.91. The molecule has 2 rings (SSSR count). The molecule has 2 aromatic rings. The Bertz CT molecular complexity index is 486. The maximum atomic E-state index is 3.94. The van der Waals surface area contributed by atoms with Gasteiger partial charge in [-0.2, -0.15) is 0 Å². The van der Waals surface area contributed by atoms with Gasteiger partial charge in [0.25, 0.3) is 0 Å². The molecule has 5 nitrogen and oxygen atoms in total. The molecule has 96 valence electrons. The molecule has 1 aromatic heterocycles. The largest absolute Gasteiger partial charge is 0.349 e. The number of rotatable bonds is 5. The van der Waals surface area contributed by atoms with E-state index in [0.717, 1.165) is 13.1 Å². The molecule has 0 unspecified atom stereocenters. The van der Waals surface area contributed by atoms with Crippen LogP contribution in [-0.2, 0) is 13.1 Å². The van der Waals surface area contributed by atoms with Crippen LogP contribution < -0.4 is 5.32 Å². The van der Waals surface area contributed by atoms with Gasteiger partial charge in [-0.3, -0.25) is 0 Å². The molecule has 0 radical (unpaired) electrons. The molecule has 0 saturated carbocycles. The third-order valence-electron chi connectivity index (χ3n) is 2.93. The van der Waals surface area contributed by atoms with E-state index in [0.29, 0.717) is 11.9 Å². The van der Waals surface area contributed by atoms with E-state index in [1.54, 1.807) is 4.68 Å². The summed E-state index contributed by atoms with van der Waals surface area (Å²) < 4.78 is 1.74. The van der Waals surface area contributed by atoms with E-state index in [9.17, 15) is 0 Å². The summed E-state index contributed by atoms with van der Waals surface area (Å²) in [5, 5.41) is 14.7. The van der Waals surface area contributed by atoms with Gasteiger partial charge in [0.15, 0.2) is 0 Å². The molecule has 1 heterocycles. The summed E-state index contributed by atoms with van der Waals surface area (Å²) in [6, 6.07) is 8.62. The lowest BCUT2D eigenvalue weighted by Crippen LogP contribution is -2.07. The van der Waals surface area contributed by atoms with Gasteiger partial charge in [-0.1, -0.05) is 43.2 Å². The van der Waals surface area contributed by atoms with E-state index < -0.39 is 0 Å². The molecule has 0 bridgehead atoms. The minimum absolute atomic E-state index is 0.569. The highest BCUT2D eigenvalue weighted by atomic mass is 15.6. The van der Waals surface area contributed by atoms with Crippen molar-refractivity contribution in [3.8, 4) is 0 Å². The molecule has 1 N–H and O–H groups in total. The van der Waals surface area contributed by atoms with Crippen LogP contribution in [0.2, 0.25) is 0 Å². The zero-order chi connectivity index (χ0) is 13.0. The lowest BCUT2D eigenvalue weighted by atomic mass is 10.0. The fraction of sp³-hybridized carbons (Fsp3) is 0.462. The zero-order valence-electron chi connectivity index (χ0n) is 11.1. The van der Waals surface area contributed by atoms with Crippen LogP contribution in [0.15, 0.2) is 24.3 Å². The highest BCUT2D eigenvalue weighted by Crippen LogP contribution is 2.15. The standard InChI is InChI=1S/C13H19N5/c1-4-18-13(15-16-17-18)14-9-11-5-7-12(8-6-11)10(2)3/h5-8,10H,4,9H2,1-3H3,(H,14,15,17). The molecular formula is C13H19N5. The van der Waals surface area contributed by atoms with Gasteiger partial charge in [0.2, 0.25) is 5.95 Å². The molecule has 0 saturated heterocycles. The second kappa shape index (κ2) is 5.62. The van der Waals surface area contributed by atoms with Crippen LogP contribution in [-0.4, -0.2) is 20.2 Å². The van der Waals surface area contributed by atoms with Crippen LogP contribution in [0, 0.1) is 0 Å². The molecule has 0 atom stereocenters. The Kier molecular flexibility index (Phi) is 3.92. The van der Waals surface area contributed by atoms with Crippen molar-refractivity contribution in [2.45, 2.75) is 39.8 Å². The van der Waals surface area contributed by atoms with Gasteiger partial charge in [0.05, 0.1) is 0 Å². The van der Waals surface area contributed by atoms with Gasteiger partial charge in [-0.15, -0.1) is 0 Å². The Morgan fingerprint density at radius 3 is 2.56 bits per heavy atom. The van der Waals surface area contributed by atoms with Crippen molar-refractivity contribution >= 4 is 5.95 Å². The van der Waals surface area contributed by atoms with Crippen molar-refractivity contribution < 1.29 is 0 Å². The van der Waals surface area contributed by atoms with Crippen LogP contribution in [0.1, 0.15) is 37.8 Å².